The number of ether oxygens (including phenoxy) is 1. The second-order valence-corrected chi connectivity index (χ2v) is 3.91. The zero-order chi connectivity index (χ0) is 10.6. The molecule has 0 amide bonds. The number of hydrogen-bond acceptors (Lipinski definition) is 2. The summed E-state index contributed by atoms with van der Waals surface area (Å²) in [5, 5.41) is 0.945. The first-order valence-electron chi connectivity index (χ1n) is 4.47. The first kappa shape index (κ1) is 11.2. The van der Waals surface area contributed by atoms with Crippen LogP contribution in [0.3, 0.4) is 0 Å². The maximum atomic E-state index is 10.7. The van der Waals surface area contributed by atoms with Gasteiger partial charge in [0.1, 0.15) is 5.75 Å². The summed E-state index contributed by atoms with van der Waals surface area (Å²) in [5.74, 6) is 0.339. The molecule has 2 nitrogen and oxygen atoms in total. The Morgan fingerprint density at radius 2 is 2.21 bits per heavy atom. The van der Waals surface area contributed by atoms with Gasteiger partial charge in [-0.3, -0.25) is 4.79 Å². The van der Waals surface area contributed by atoms with Gasteiger partial charge in [0.25, 0.3) is 0 Å². The number of rotatable bonds is 3. The minimum Gasteiger partial charge on any atom is -0.427 e. The van der Waals surface area contributed by atoms with E-state index in [1.165, 1.54) is 12.5 Å². The molecule has 0 saturated heterocycles. The van der Waals surface area contributed by atoms with Crippen molar-refractivity contribution in [1.82, 2.24) is 0 Å². The van der Waals surface area contributed by atoms with Crippen LogP contribution < -0.4 is 4.74 Å². The Morgan fingerprint density at radius 3 is 2.71 bits per heavy atom. The molecular formula is C11H13BrO2. The standard InChI is InChI=1S/C11H13BrO2/c1-8-7-11(14-9(2)13)4-3-10(8)5-6-12/h3-4,7H,5-6H2,1-2H3. The van der Waals surface area contributed by atoms with E-state index >= 15 is 0 Å². The van der Waals surface area contributed by atoms with Gasteiger partial charge in [-0.25, -0.2) is 0 Å². The molecule has 1 aromatic rings. The van der Waals surface area contributed by atoms with Crippen molar-refractivity contribution in [3.05, 3.63) is 29.3 Å². The number of alkyl halides is 1. The van der Waals surface area contributed by atoms with Crippen molar-refractivity contribution >= 4 is 21.9 Å². The molecule has 0 spiro atoms. The molecule has 0 aliphatic heterocycles. The molecule has 76 valence electrons. The molecule has 0 N–H and O–H groups in total. The van der Waals surface area contributed by atoms with Crippen LogP contribution in [0.5, 0.6) is 5.75 Å². The lowest BCUT2D eigenvalue weighted by Gasteiger charge is -2.06. The Hall–Kier alpha value is -0.830. The highest BCUT2D eigenvalue weighted by Gasteiger charge is 2.02. The Bertz CT molecular complexity index is 334. The van der Waals surface area contributed by atoms with E-state index in [1.807, 2.05) is 25.1 Å². The zero-order valence-electron chi connectivity index (χ0n) is 8.34. The summed E-state index contributed by atoms with van der Waals surface area (Å²) in [4.78, 5) is 10.7. The highest BCUT2D eigenvalue weighted by molar-refractivity contribution is 9.09. The fourth-order valence-electron chi connectivity index (χ4n) is 1.28. The molecule has 0 unspecified atom stereocenters. The molecule has 0 aromatic heterocycles. The van der Waals surface area contributed by atoms with Gasteiger partial charge in [-0.2, -0.15) is 0 Å². The van der Waals surface area contributed by atoms with Gasteiger partial charge in [-0.1, -0.05) is 22.0 Å². The second kappa shape index (κ2) is 5.15. The molecule has 0 saturated carbocycles. The van der Waals surface area contributed by atoms with Gasteiger partial charge in [-0.05, 0) is 36.6 Å². The Labute approximate surface area is 92.4 Å². The Morgan fingerprint density at radius 1 is 1.50 bits per heavy atom. The van der Waals surface area contributed by atoms with E-state index in [-0.39, 0.29) is 5.97 Å². The minimum absolute atomic E-state index is 0.280. The molecule has 0 aliphatic carbocycles. The van der Waals surface area contributed by atoms with Crippen molar-refractivity contribution in [3.63, 3.8) is 0 Å². The largest absolute Gasteiger partial charge is 0.427 e. The summed E-state index contributed by atoms with van der Waals surface area (Å²) < 4.78 is 4.98. The van der Waals surface area contributed by atoms with E-state index in [9.17, 15) is 4.79 Å². The zero-order valence-corrected chi connectivity index (χ0v) is 9.93. The summed E-state index contributed by atoms with van der Waals surface area (Å²) in [6.07, 6.45) is 0.992. The van der Waals surface area contributed by atoms with Crippen LogP contribution in [0.1, 0.15) is 18.1 Å². The lowest BCUT2D eigenvalue weighted by molar-refractivity contribution is -0.131. The smallest absolute Gasteiger partial charge is 0.308 e. The van der Waals surface area contributed by atoms with Crippen LogP contribution in [0.25, 0.3) is 0 Å². The van der Waals surface area contributed by atoms with E-state index < -0.39 is 0 Å². The molecule has 0 bridgehead atoms. The molecule has 1 aromatic carbocycles. The molecular weight excluding hydrogens is 244 g/mol. The van der Waals surface area contributed by atoms with E-state index in [4.69, 9.17) is 4.74 Å². The number of halogens is 1. The van der Waals surface area contributed by atoms with Gasteiger partial charge in [0.2, 0.25) is 0 Å². The first-order valence-corrected chi connectivity index (χ1v) is 5.59. The average Bonchev–Trinajstić information content (AvgIpc) is 2.09. The predicted octanol–water partition coefficient (Wildman–Crippen LogP) is 2.86. The van der Waals surface area contributed by atoms with E-state index in [2.05, 4.69) is 15.9 Å². The second-order valence-electron chi connectivity index (χ2n) is 3.12. The number of carbonyl (C=O) groups excluding carboxylic acids is 1. The first-order chi connectivity index (χ1) is 6.63. The molecule has 0 fully saturated rings. The maximum absolute atomic E-state index is 10.7. The lowest BCUT2D eigenvalue weighted by Crippen LogP contribution is -2.02. The quantitative estimate of drug-likeness (QED) is 0.473. The van der Waals surface area contributed by atoms with Crippen molar-refractivity contribution < 1.29 is 9.53 Å². The van der Waals surface area contributed by atoms with Crippen molar-refractivity contribution in [2.45, 2.75) is 20.3 Å². The van der Waals surface area contributed by atoms with Gasteiger partial charge in [0.15, 0.2) is 0 Å². The number of aryl methyl sites for hydroxylation is 2. The topological polar surface area (TPSA) is 26.3 Å². The summed E-state index contributed by atoms with van der Waals surface area (Å²) in [6, 6.07) is 5.71. The fourth-order valence-corrected chi connectivity index (χ4v) is 1.71. The van der Waals surface area contributed by atoms with Gasteiger partial charge in [0.05, 0.1) is 0 Å². The minimum atomic E-state index is -0.280. The maximum Gasteiger partial charge on any atom is 0.308 e. The number of esters is 1. The normalized spacial score (nSPS) is 9.93. The van der Waals surface area contributed by atoms with Crippen LogP contribution in [0, 0.1) is 6.92 Å². The molecule has 3 heteroatoms. The SMILES string of the molecule is CC(=O)Oc1ccc(CCBr)c(C)c1. The molecule has 0 radical (unpaired) electrons. The van der Waals surface area contributed by atoms with Gasteiger partial charge in [-0.15, -0.1) is 0 Å². The monoisotopic (exact) mass is 256 g/mol. The van der Waals surface area contributed by atoms with Crippen LogP contribution in [-0.4, -0.2) is 11.3 Å². The third kappa shape index (κ3) is 3.14. The molecule has 0 heterocycles. The van der Waals surface area contributed by atoms with Crippen molar-refractivity contribution in [1.29, 1.82) is 0 Å². The van der Waals surface area contributed by atoms with Crippen molar-refractivity contribution in [2.75, 3.05) is 5.33 Å². The fraction of sp³-hybridized carbons (Fsp3) is 0.364. The summed E-state index contributed by atoms with van der Waals surface area (Å²) in [6.45, 7) is 3.42. The summed E-state index contributed by atoms with van der Waals surface area (Å²) in [5.41, 5.74) is 2.43. The number of carbonyl (C=O) groups is 1. The van der Waals surface area contributed by atoms with Gasteiger partial charge in [0, 0.05) is 12.3 Å². The third-order valence-electron chi connectivity index (χ3n) is 1.94. The summed E-state index contributed by atoms with van der Waals surface area (Å²) >= 11 is 3.39. The molecule has 0 atom stereocenters. The highest BCUT2D eigenvalue weighted by Crippen LogP contribution is 2.18. The van der Waals surface area contributed by atoms with Crippen LogP contribution in [0.4, 0.5) is 0 Å². The highest BCUT2D eigenvalue weighted by atomic mass is 79.9. The average molecular weight is 257 g/mol. The Kier molecular flexibility index (Phi) is 4.14. The van der Waals surface area contributed by atoms with Crippen molar-refractivity contribution in [3.8, 4) is 5.75 Å². The lowest BCUT2D eigenvalue weighted by atomic mass is 10.1. The van der Waals surface area contributed by atoms with E-state index in [0.717, 1.165) is 17.3 Å². The third-order valence-corrected chi connectivity index (χ3v) is 2.34. The van der Waals surface area contributed by atoms with Crippen LogP contribution in [-0.2, 0) is 11.2 Å². The van der Waals surface area contributed by atoms with E-state index in [0.29, 0.717) is 5.75 Å². The van der Waals surface area contributed by atoms with Crippen LogP contribution in [0.2, 0.25) is 0 Å². The van der Waals surface area contributed by atoms with Crippen LogP contribution >= 0.6 is 15.9 Å². The number of hydrogen-bond donors (Lipinski definition) is 0. The van der Waals surface area contributed by atoms with Gasteiger partial charge < -0.3 is 4.74 Å². The predicted molar refractivity (Wildman–Crippen MR) is 60.0 cm³/mol. The van der Waals surface area contributed by atoms with E-state index in [1.54, 1.807) is 0 Å². The van der Waals surface area contributed by atoms with Crippen molar-refractivity contribution in [2.24, 2.45) is 0 Å². The molecule has 0 aliphatic rings. The summed E-state index contributed by atoms with van der Waals surface area (Å²) in [7, 11) is 0. The Balaban J connectivity index is 2.83. The molecule has 14 heavy (non-hydrogen) atoms. The van der Waals surface area contributed by atoms with Crippen LogP contribution in [0.15, 0.2) is 18.2 Å². The number of benzene rings is 1. The molecule has 1 rings (SSSR count). The van der Waals surface area contributed by atoms with Gasteiger partial charge >= 0.3 is 5.97 Å².